The summed E-state index contributed by atoms with van der Waals surface area (Å²) >= 11 is 0. The lowest BCUT2D eigenvalue weighted by atomic mass is 10.1. The molecular formula is C44H27N5O. The fraction of sp³-hybridized carbons (Fsp3) is 0. The molecule has 3 aromatic heterocycles. The molecule has 0 atom stereocenters. The minimum absolute atomic E-state index is 0.607. The number of hydrogen-bond donors (Lipinski definition) is 0. The van der Waals surface area contributed by atoms with Gasteiger partial charge < -0.3 is 8.98 Å². The molecule has 6 heteroatoms. The van der Waals surface area contributed by atoms with E-state index in [0.717, 1.165) is 60.8 Å². The Balaban J connectivity index is 1.14. The second-order valence-electron chi connectivity index (χ2n) is 12.4. The molecule has 0 spiro atoms. The van der Waals surface area contributed by atoms with E-state index in [2.05, 4.69) is 83.4 Å². The summed E-state index contributed by atoms with van der Waals surface area (Å²) in [5.74, 6) is 2.52. The Bertz CT molecular complexity index is 2780. The summed E-state index contributed by atoms with van der Waals surface area (Å²) in [7, 11) is 0. The Morgan fingerprint density at radius 1 is 0.400 bits per heavy atom. The Morgan fingerprint density at radius 3 is 1.78 bits per heavy atom. The Labute approximate surface area is 287 Å². The summed E-state index contributed by atoms with van der Waals surface area (Å²) in [6.45, 7) is 0. The van der Waals surface area contributed by atoms with Crippen molar-refractivity contribution in [2.75, 3.05) is 0 Å². The van der Waals surface area contributed by atoms with Gasteiger partial charge in [0, 0.05) is 38.7 Å². The lowest BCUT2D eigenvalue weighted by Gasteiger charge is -2.11. The molecule has 0 aliphatic heterocycles. The number of benzene rings is 7. The number of fused-ring (bicyclic) bond motifs is 5. The molecule has 0 N–H and O–H groups in total. The number of oxazole rings is 1. The Morgan fingerprint density at radius 2 is 1.02 bits per heavy atom. The smallest absolute Gasteiger partial charge is 0.227 e. The summed E-state index contributed by atoms with van der Waals surface area (Å²) in [4.78, 5) is 19.6. The van der Waals surface area contributed by atoms with E-state index in [-0.39, 0.29) is 0 Å². The van der Waals surface area contributed by atoms with E-state index < -0.39 is 0 Å². The molecule has 0 aliphatic rings. The van der Waals surface area contributed by atoms with Crippen LogP contribution >= 0.6 is 0 Å². The number of nitrogens with zero attached hydrogens (tertiary/aromatic N) is 5. The molecule has 234 valence electrons. The predicted octanol–water partition coefficient (Wildman–Crippen LogP) is 10.9. The first-order valence-electron chi connectivity index (χ1n) is 16.6. The normalized spacial score (nSPS) is 11.6. The standard InChI is InChI=1S/C44H27N5O/c1-3-11-29(12-4-1)41-46-42(30-13-5-2-6-14-30)48-43(47-41)31-20-19-28-21-23-34(26-33(28)25-31)49-38-17-9-7-15-35(38)36-24-22-32(27-39(36)49)44-45-37-16-8-10-18-40(37)50-44/h1-27H. The minimum Gasteiger partial charge on any atom is -0.436 e. The molecule has 0 unspecified atom stereocenters. The fourth-order valence-electron chi connectivity index (χ4n) is 6.83. The van der Waals surface area contributed by atoms with Crippen molar-refractivity contribution >= 4 is 43.7 Å². The zero-order valence-electron chi connectivity index (χ0n) is 26.7. The molecule has 3 heterocycles. The highest BCUT2D eigenvalue weighted by atomic mass is 16.3. The molecular weight excluding hydrogens is 615 g/mol. The molecule has 0 radical (unpaired) electrons. The van der Waals surface area contributed by atoms with Crippen LogP contribution in [0.5, 0.6) is 0 Å². The second-order valence-corrected chi connectivity index (χ2v) is 12.4. The van der Waals surface area contributed by atoms with Gasteiger partial charge in [-0.05, 0) is 59.3 Å². The van der Waals surface area contributed by atoms with E-state index in [4.69, 9.17) is 24.4 Å². The molecule has 0 bridgehead atoms. The van der Waals surface area contributed by atoms with Gasteiger partial charge in [-0.3, -0.25) is 0 Å². The van der Waals surface area contributed by atoms with Crippen molar-refractivity contribution < 1.29 is 4.42 Å². The van der Waals surface area contributed by atoms with Crippen molar-refractivity contribution in [3.8, 4) is 51.3 Å². The minimum atomic E-state index is 0.607. The molecule has 0 fully saturated rings. The third-order valence-corrected chi connectivity index (χ3v) is 9.25. The number of hydrogen-bond acceptors (Lipinski definition) is 5. The lowest BCUT2D eigenvalue weighted by Crippen LogP contribution is -2.00. The van der Waals surface area contributed by atoms with Crippen LogP contribution in [0.2, 0.25) is 0 Å². The van der Waals surface area contributed by atoms with Gasteiger partial charge in [-0.1, -0.05) is 115 Å². The van der Waals surface area contributed by atoms with Gasteiger partial charge in [0.1, 0.15) is 5.52 Å². The molecule has 0 amide bonds. The average molecular weight is 642 g/mol. The first-order chi connectivity index (χ1) is 24.7. The van der Waals surface area contributed by atoms with Gasteiger partial charge in [0.05, 0.1) is 11.0 Å². The third kappa shape index (κ3) is 4.73. The van der Waals surface area contributed by atoms with Crippen molar-refractivity contribution in [1.29, 1.82) is 0 Å². The summed E-state index contributed by atoms with van der Waals surface area (Å²) in [5, 5.41) is 4.57. The zero-order chi connectivity index (χ0) is 33.0. The molecule has 6 nitrogen and oxygen atoms in total. The van der Waals surface area contributed by atoms with Gasteiger partial charge in [0.2, 0.25) is 5.89 Å². The van der Waals surface area contributed by atoms with E-state index in [9.17, 15) is 0 Å². The van der Waals surface area contributed by atoms with Gasteiger partial charge in [0.15, 0.2) is 23.1 Å². The monoisotopic (exact) mass is 641 g/mol. The highest BCUT2D eigenvalue weighted by Gasteiger charge is 2.17. The van der Waals surface area contributed by atoms with Crippen molar-refractivity contribution in [2.24, 2.45) is 0 Å². The average Bonchev–Trinajstić information content (AvgIpc) is 3.77. The number of para-hydroxylation sites is 3. The van der Waals surface area contributed by atoms with Crippen LogP contribution in [0.4, 0.5) is 0 Å². The van der Waals surface area contributed by atoms with Crippen molar-refractivity contribution in [1.82, 2.24) is 24.5 Å². The van der Waals surface area contributed by atoms with Gasteiger partial charge in [-0.25, -0.2) is 19.9 Å². The maximum Gasteiger partial charge on any atom is 0.227 e. The third-order valence-electron chi connectivity index (χ3n) is 9.25. The Kier molecular flexibility index (Phi) is 6.39. The van der Waals surface area contributed by atoms with Crippen LogP contribution in [0.1, 0.15) is 0 Å². The quantitative estimate of drug-likeness (QED) is 0.187. The largest absolute Gasteiger partial charge is 0.436 e. The van der Waals surface area contributed by atoms with Crippen LogP contribution in [0.25, 0.3) is 95.0 Å². The molecule has 10 aromatic rings. The highest BCUT2D eigenvalue weighted by molar-refractivity contribution is 6.10. The molecule has 50 heavy (non-hydrogen) atoms. The van der Waals surface area contributed by atoms with Crippen LogP contribution in [-0.2, 0) is 0 Å². The molecule has 0 saturated carbocycles. The van der Waals surface area contributed by atoms with E-state index in [1.54, 1.807) is 0 Å². The topological polar surface area (TPSA) is 69.6 Å². The predicted molar refractivity (Wildman–Crippen MR) is 201 cm³/mol. The van der Waals surface area contributed by atoms with Gasteiger partial charge >= 0.3 is 0 Å². The van der Waals surface area contributed by atoms with Crippen molar-refractivity contribution in [2.45, 2.75) is 0 Å². The summed E-state index contributed by atoms with van der Waals surface area (Å²) in [5.41, 5.74) is 8.63. The SMILES string of the molecule is c1ccc(-c2nc(-c3ccccc3)nc(-c3ccc4ccc(-n5c6ccccc6c6ccc(-c7nc8ccccc8o7)cc65)cc4c3)n2)cc1. The van der Waals surface area contributed by atoms with E-state index in [0.29, 0.717) is 23.4 Å². The lowest BCUT2D eigenvalue weighted by molar-refractivity contribution is 0.620. The van der Waals surface area contributed by atoms with E-state index >= 15 is 0 Å². The maximum absolute atomic E-state index is 6.17. The maximum atomic E-state index is 6.17. The number of rotatable bonds is 5. The van der Waals surface area contributed by atoms with Crippen molar-refractivity contribution in [3.05, 3.63) is 164 Å². The summed E-state index contributed by atoms with van der Waals surface area (Å²) < 4.78 is 8.50. The van der Waals surface area contributed by atoms with Gasteiger partial charge in [-0.15, -0.1) is 0 Å². The first kappa shape index (κ1) is 28.1. The molecule has 10 rings (SSSR count). The molecule has 0 aliphatic carbocycles. The van der Waals surface area contributed by atoms with Crippen LogP contribution in [0, 0.1) is 0 Å². The van der Waals surface area contributed by atoms with E-state index in [1.165, 1.54) is 10.8 Å². The van der Waals surface area contributed by atoms with E-state index in [1.807, 2.05) is 84.9 Å². The Hall–Kier alpha value is -6.92. The fourth-order valence-corrected chi connectivity index (χ4v) is 6.83. The van der Waals surface area contributed by atoms with Crippen LogP contribution in [0.15, 0.2) is 168 Å². The van der Waals surface area contributed by atoms with Gasteiger partial charge in [-0.2, -0.15) is 0 Å². The van der Waals surface area contributed by atoms with Crippen LogP contribution in [-0.4, -0.2) is 24.5 Å². The van der Waals surface area contributed by atoms with Crippen molar-refractivity contribution in [3.63, 3.8) is 0 Å². The second kappa shape index (κ2) is 11.4. The highest BCUT2D eigenvalue weighted by Crippen LogP contribution is 2.36. The molecule has 0 saturated heterocycles. The zero-order valence-corrected chi connectivity index (χ0v) is 26.7. The molecule has 7 aromatic carbocycles. The number of aromatic nitrogens is 5. The van der Waals surface area contributed by atoms with Gasteiger partial charge in [0.25, 0.3) is 0 Å². The summed E-state index contributed by atoms with van der Waals surface area (Å²) in [6, 6.07) is 56.0. The van der Waals surface area contributed by atoms with Crippen LogP contribution < -0.4 is 0 Å². The summed E-state index contributed by atoms with van der Waals surface area (Å²) in [6.07, 6.45) is 0. The van der Waals surface area contributed by atoms with Crippen LogP contribution in [0.3, 0.4) is 0 Å². The first-order valence-corrected chi connectivity index (χ1v) is 16.6.